The van der Waals surface area contributed by atoms with Crippen LogP contribution in [0, 0.1) is 0 Å². The molecule has 0 spiro atoms. The third-order valence-electron chi connectivity index (χ3n) is 4.49. The van der Waals surface area contributed by atoms with Crippen molar-refractivity contribution in [3.05, 3.63) is 59.7 Å². The van der Waals surface area contributed by atoms with Gasteiger partial charge in [0.05, 0.1) is 17.2 Å². The van der Waals surface area contributed by atoms with Crippen LogP contribution in [0.3, 0.4) is 0 Å². The Kier molecular flexibility index (Phi) is 8.89. The molecule has 0 amide bonds. The average Bonchev–Trinajstić information content (AvgIpc) is 2.64. The van der Waals surface area contributed by atoms with Gasteiger partial charge in [-0.25, -0.2) is 0 Å². The standard InChI is InChI=1S/C25H38N2O4/c1-24(2,3)30-23(31-25(4,5)6)20(27-16-19-12-8-10-14-22(19)29)17-26-15-18-11-7-9-13-21(18)28/h7-14,20,23,26-29H,15-17H2,1-6H3. The molecule has 2 aromatic carbocycles. The van der Waals surface area contributed by atoms with Gasteiger partial charge in [-0.2, -0.15) is 0 Å². The van der Waals surface area contributed by atoms with Crippen molar-refractivity contribution >= 4 is 0 Å². The van der Waals surface area contributed by atoms with Crippen LogP contribution in [0.25, 0.3) is 0 Å². The summed E-state index contributed by atoms with van der Waals surface area (Å²) in [7, 11) is 0. The van der Waals surface area contributed by atoms with Gasteiger partial charge >= 0.3 is 0 Å². The molecule has 6 nitrogen and oxygen atoms in total. The van der Waals surface area contributed by atoms with Crippen LogP contribution >= 0.6 is 0 Å². The number of phenolic OH excluding ortho intramolecular Hbond substituents is 2. The fourth-order valence-electron chi connectivity index (χ4n) is 3.07. The predicted octanol–water partition coefficient (Wildman–Crippen LogP) is 4.30. The fraction of sp³-hybridized carbons (Fsp3) is 0.520. The molecule has 4 N–H and O–H groups in total. The monoisotopic (exact) mass is 430 g/mol. The first kappa shape index (κ1) is 25.1. The molecule has 0 aliphatic rings. The molecule has 0 aliphatic heterocycles. The second-order valence-electron chi connectivity index (χ2n) is 9.70. The predicted molar refractivity (Wildman–Crippen MR) is 124 cm³/mol. The smallest absolute Gasteiger partial charge is 0.175 e. The molecular weight excluding hydrogens is 392 g/mol. The molecule has 0 heterocycles. The summed E-state index contributed by atoms with van der Waals surface area (Å²) >= 11 is 0. The van der Waals surface area contributed by atoms with E-state index in [0.29, 0.717) is 19.6 Å². The maximum Gasteiger partial charge on any atom is 0.175 e. The molecule has 0 saturated carbocycles. The maximum absolute atomic E-state index is 10.1. The summed E-state index contributed by atoms with van der Waals surface area (Å²) in [5, 5.41) is 27.1. The molecule has 1 atom stereocenters. The van der Waals surface area contributed by atoms with Crippen LogP contribution in [-0.2, 0) is 22.6 Å². The largest absolute Gasteiger partial charge is 0.508 e. The van der Waals surface area contributed by atoms with Gasteiger partial charge < -0.3 is 30.3 Å². The second kappa shape index (κ2) is 11.0. The summed E-state index contributed by atoms with van der Waals surface area (Å²) in [6, 6.07) is 14.3. The summed E-state index contributed by atoms with van der Waals surface area (Å²) in [6.45, 7) is 13.5. The van der Waals surface area contributed by atoms with Gasteiger partial charge in [-0.3, -0.25) is 0 Å². The number of aromatic hydroxyl groups is 2. The topological polar surface area (TPSA) is 83.0 Å². The zero-order valence-electron chi connectivity index (χ0n) is 19.6. The zero-order chi connectivity index (χ0) is 23.1. The van der Waals surface area contributed by atoms with E-state index in [2.05, 4.69) is 10.6 Å². The molecule has 0 radical (unpaired) electrons. The molecule has 2 rings (SSSR count). The highest BCUT2D eigenvalue weighted by molar-refractivity contribution is 5.32. The molecule has 31 heavy (non-hydrogen) atoms. The van der Waals surface area contributed by atoms with E-state index in [1.807, 2.05) is 65.8 Å². The number of nitrogens with one attached hydrogen (secondary N) is 2. The Balaban J connectivity index is 2.16. The number of benzene rings is 2. The van der Waals surface area contributed by atoms with Gasteiger partial charge in [-0.15, -0.1) is 0 Å². The van der Waals surface area contributed by atoms with Gasteiger partial charge in [-0.05, 0) is 53.7 Å². The van der Waals surface area contributed by atoms with Gasteiger partial charge in [0.2, 0.25) is 0 Å². The summed E-state index contributed by atoms with van der Waals surface area (Å²) in [4.78, 5) is 0. The van der Waals surface area contributed by atoms with Crippen molar-refractivity contribution in [1.29, 1.82) is 0 Å². The van der Waals surface area contributed by atoms with Crippen molar-refractivity contribution in [2.45, 2.75) is 78.2 Å². The highest BCUT2D eigenvalue weighted by Gasteiger charge is 2.31. The van der Waals surface area contributed by atoms with Crippen LogP contribution in [0.15, 0.2) is 48.5 Å². The first-order valence-corrected chi connectivity index (χ1v) is 10.8. The highest BCUT2D eigenvalue weighted by Crippen LogP contribution is 2.22. The Bertz CT molecular complexity index is 796. The molecule has 0 aromatic heterocycles. The van der Waals surface area contributed by atoms with E-state index in [9.17, 15) is 10.2 Å². The molecule has 0 fully saturated rings. The molecule has 1 unspecified atom stereocenters. The number of hydrogen-bond donors (Lipinski definition) is 4. The van der Waals surface area contributed by atoms with Gasteiger partial charge in [0, 0.05) is 30.8 Å². The fourth-order valence-corrected chi connectivity index (χ4v) is 3.07. The first-order valence-electron chi connectivity index (χ1n) is 10.8. The summed E-state index contributed by atoms with van der Waals surface area (Å²) in [6.07, 6.45) is -0.525. The Morgan fingerprint density at radius 3 is 1.65 bits per heavy atom. The Hall–Kier alpha value is -2.12. The minimum absolute atomic E-state index is 0.205. The Labute approximate surface area is 186 Å². The van der Waals surface area contributed by atoms with E-state index < -0.39 is 17.5 Å². The van der Waals surface area contributed by atoms with Crippen molar-refractivity contribution in [3.8, 4) is 11.5 Å². The van der Waals surface area contributed by atoms with Crippen LogP contribution in [0.1, 0.15) is 52.7 Å². The van der Waals surface area contributed by atoms with E-state index in [1.54, 1.807) is 24.3 Å². The summed E-state index contributed by atoms with van der Waals surface area (Å²) < 4.78 is 12.6. The van der Waals surface area contributed by atoms with Crippen molar-refractivity contribution in [2.75, 3.05) is 6.54 Å². The van der Waals surface area contributed by atoms with Gasteiger partial charge in [0.15, 0.2) is 6.29 Å². The first-order chi connectivity index (χ1) is 14.4. The lowest BCUT2D eigenvalue weighted by Gasteiger charge is -2.37. The van der Waals surface area contributed by atoms with Crippen LogP contribution in [-0.4, -0.2) is 40.3 Å². The molecular formula is C25H38N2O4. The maximum atomic E-state index is 10.1. The van der Waals surface area contributed by atoms with E-state index in [4.69, 9.17) is 9.47 Å². The molecule has 0 bridgehead atoms. The third-order valence-corrected chi connectivity index (χ3v) is 4.49. The van der Waals surface area contributed by atoms with E-state index >= 15 is 0 Å². The number of para-hydroxylation sites is 2. The van der Waals surface area contributed by atoms with Gasteiger partial charge in [0.1, 0.15) is 11.5 Å². The number of hydrogen-bond acceptors (Lipinski definition) is 6. The summed E-state index contributed by atoms with van der Waals surface area (Å²) in [5.74, 6) is 0.517. The van der Waals surface area contributed by atoms with Crippen molar-refractivity contribution in [3.63, 3.8) is 0 Å². The zero-order valence-corrected chi connectivity index (χ0v) is 19.6. The second-order valence-corrected chi connectivity index (χ2v) is 9.70. The summed E-state index contributed by atoms with van der Waals surface area (Å²) in [5.41, 5.74) is 0.829. The lowest BCUT2D eigenvalue weighted by molar-refractivity contribution is -0.245. The van der Waals surface area contributed by atoms with Crippen molar-refractivity contribution < 1.29 is 19.7 Å². The van der Waals surface area contributed by atoms with Gasteiger partial charge in [-0.1, -0.05) is 36.4 Å². The lowest BCUT2D eigenvalue weighted by Crippen LogP contribution is -2.52. The normalized spacial score (nSPS) is 13.5. The molecule has 172 valence electrons. The SMILES string of the molecule is CC(C)(C)OC(OC(C)(C)C)C(CNCc1ccccc1O)NCc1ccccc1O. The van der Waals surface area contributed by atoms with Crippen LogP contribution in [0.5, 0.6) is 11.5 Å². The van der Waals surface area contributed by atoms with E-state index in [1.165, 1.54) is 0 Å². The molecule has 0 saturated heterocycles. The van der Waals surface area contributed by atoms with E-state index in [-0.39, 0.29) is 17.5 Å². The minimum Gasteiger partial charge on any atom is -0.508 e. The third kappa shape index (κ3) is 9.27. The number of rotatable bonds is 10. The van der Waals surface area contributed by atoms with E-state index in [0.717, 1.165) is 11.1 Å². The molecule has 2 aromatic rings. The molecule has 0 aliphatic carbocycles. The van der Waals surface area contributed by atoms with Crippen LogP contribution in [0.2, 0.25) is 0 Å². The quantitative estimate of drug-likeness (QED) is 0.421. The number of ether oxygens (including phenoxy) is 2. The molecule has 6 heteroatoms. The average molecular weight is 431 g/mol. The lowest BCUT2D eigenvalue weighted by atomic mass is 10.1. The Morgan fingerprint density at radius 2 is 1.19 bits per heavy atom. The van der Waals surface area contributed by atoms with Crippen LogP contribution < -0.4 is 10.6 Å². The Morgan fingerprint density at radius 1 is 0.742 bits per heavy atom. The highest BCUT2D eigenvalue weighted by atomic mass is 16.7. The minimum atomic E-state index is -0.525. The van der Waals surface area contributed by atoms with Crippen LogP contribution in [0.4, 0.5) is 0 Å². The van der Waals surface area contributed by atoms with Gasteiger partial charge in [0.25, 0.3) is 0 Å². The van der Waals surface area contributed by atoms with Crippen molar-refractivity contribution in [2.24, 2.45) is 0 Å². The van der Waals surface area contributed by atoms with Crippen molar-refractivity contribution in [1.82, 2.24) is 10.6 Å². The number of phenols is 2.